The predicted molar refractivity (Wildman–Crippen MR) is 76.8 cm³/mol. The summed E-state index contributed by atoms with van der Waals surface area (Å²) in [5.41, 5.74) is 2.96. The number of aromatic nitrogens is 2. The molecule has 1 heterocycles. The van der Waals surface area contributed by atoms with E-state index in [1.807, 2.05) is 6.07 Å². The number of amides is 2. The molecule has 0 saturated heterocycles. The van der Waals surface area contributed by atoms with Crippen LogP contribution in [0.5, 0.6) is 5.75 Å². The van der Waals surface area contributed by atoms with Crippen molar-refractivity contribution in [2.45, 2.75) is 0 Å². The van der Waals surface area contributed by atoms with Crippen molar-refractivity contribution in [3.8, 4) is 5.75 Å². The van der Waals surface area contributed by atoms with Gasteiger partial charge in [-0.3, -0.25) is 0 Å². The van der Waals surface area contributed by atoms with Crippen LogP contribution in [0.1, 0.15) is 0 Å². The molecule has 0 atom stereocenters. The van der Waals surface area contributed by atoms with Gasteiger partial charge >= 0.3 is 6.03 Å². The second kappa shape index (κ2) is 4.93. The van der Waals surface area contributed by atoms with E-state index in [4.69, 9.17) is 5.11 Å². The molecule has 0 saturated carbocycles. The van der Waals surface area contributed by atoms with Crippen LogP contribution in [-0.2, 0) is 0 Å². The first-order valence-electron chi connectivity index (χ1n) is 6.01. The van der Waals surface area contributed by atoms with E-state index < -0.39 is 0 Å². The Balaban J connectivity index is 1.70. The van der Waals surface area contributed by atoms with Crippen molar-refractivity contribution in [3.63, 3.8) is 0 Å². The number of nitrogens with one attached hydrogen (secondary N) is 3. The molecule has 20 heavy (non-hydrogen) atoms. The molecule has 0 bridgehead atoms. The van der Waals surface area contributed by atoms with Crippen LogP contribution >= 0.6 is 0 Å². The predicted octanol–water partition coefficient (Wildman–Crippen LogP) is 2.91. The fourth-order valence-electron chi connectivity index (χ4n) is 1.85. The standard InChI is InChI=1S/C14H12N4O2/c19-11-4-1-9(2-5-11)17-14(20)18-10-3-6-12-13(7-10)16-8-15-12/h1-8,19H,(H,15,16)(H2,17,18,20). The summed E-state index contributed by atoms with van der Waals surface area (Å²) in [5, 5.41) is 14.6. The number of anilines is 2. The molecular weight excluding hydrogens is 256 g/mol. The van der Waals surface area contributed by atoms with Crippen LogP contribution in [0.25, 0.3) is 11.0 Å². The van der Waals surface area contributed by atoms with Crippen molar-refractivity contribution in [2.24, 2.45) is 0 Å². The second-order valence-electron chi connectivity index (χ2n) is 4.26. The highest BCUT2D eigenvalue weighted by molar-refractivity contribution is 6.00. The number of rotatable bonds is 2. The van der Waals surface area contributed by atoms with Gasteiger partial charge < -0.3 is 20.7 Å². The van der Waals surface area contributed by atoms with E-state index >= 15 is 0 Å². The van der Waals surface area contributed by atoms with Crippen LogP contribution in [0.3, 0.4) is 0 Å². The van der Waals surface area contributed by atoms with Gasteiger partial charge in [-0.25, -0.2) is 9.78 Å². The van der Waals surface area contributed by atoms with Gasteiger partial charge in [0.15, 0.2) is 0 Å². The molecule has 0 aliphatic carbocycles. The zero-order valence-corrected chi connectivity index (χ0v) is 10.4. The van der Waals surface area contributed by atoms with E-state index in [-0.39, 0.29) is 11.8 Å². The SMILES string of the molecule is O=C(Nc1ccc(O)cc1)Nc1ccc2nc[nH]c2c1. The van der Waals surface area contributed by atoms with E-state index in [2.05, 4.69) is 20.6 Å². The Morgan fingerprint density at radius 2 is 1.75 bits per heavy atom. The average molecular weight is 268 g/mol. The van der Waals surface area contributed by atoms with Crippen molar-refractivity contribution in [1.82, 2.24) is 9.97 Å². The monoisotopic (exact) mass is 268 g/mol. The van der Waals surface area contributed by atoms with E-state index in [0.717, 1.165) is 11.0 Å². The lowest BCUT2D eigenvalue weighted by Crippen LogP contribution is -2.19. The smallest absolute Gasteiger partial charge is 0.323 e. The Kier molecular flexibility index (Phi) is 2.96. The van der Waals surface area contributed by atoms with Gasteiger partial charge in [0.1, 0.15) is 5.75 Å². The van der Waals surface area contributed by atoms with E-state index in [9.17, 15) is 4.79 Å². The minimum atomic E-state index is -0.352. The molecule has 6 heteroatoms. The minimum absolute atomic E-state index is 0.153. The second-order valence-corrected chi connectivity index (χ2v) is 4.26. The molecule has 0 aliphatic rings. The number of aromatic hydroxyl groups is 1. The molecule has 3 rings (SSSR count). The molecule has 0 unspecified atom stereocenters. The zero-order chi connectivity index (χ0) is 13.9. The number of urea groups is 1. The fraction of sp³-hybridized carbons (Fsp3) is 0. The minimum Gasteiger partial charge on any atom is -0.508 e. The summed E-state index contributed by atoms with van der Waals surface area (Å²) < 4.78 is 0. The highest BCUT2D eigenvalue weighted by atomic mass is 16.3. The average Bonchev–Trinajstić information content (AvgIpc) is 2.89. The third kappa shape index (κ3) is 2.54. The number of hydrogen-bond acceptors (Lipinski definition) is 3. The molecule has 4 N–H and O–H groups in total. The summed E-state index contributed by atoms with van der Waals surface area (Å²) in [5.74, 6) is 0.153. The largest absolute Gasteiger partial charge is 0.508 e. The Bertz CT molecular complexity index is 749. The first kappa shape index (κ1) is 12.0. The van der Waals surface area contributed by atoms with Crippen molar-refractivity contribution >= 4 is 28.4 Å². The number of imidazole rings is 1. The van der Waals surface area contributed by atoms with Crippen LogP contribution < -0.4 is 10.6 Å². The number of carbonyl (C=O) groups is 1. The summed E-state index contributed by atoms with van der Waals surface area (Å²) in [4.78, 5) is 18.9. The molecule has 0 radical (unpaired) electrons. The first-order chi connectivity index (χ1) is 9.70. The maximum Gasteiger partial charge on any atom is 0.323 e. The Morgan fingerprint density at radius 1 is 1.05 bits per heavy atom. The molecule has 2 aromatic carbocycles. The number of carbonyl (C=O) groups excluding carboxylic acids is 1. The Morgan fingerprint density at radius 3 is 2.55 bits per heavy atom. The maximum absolute atomic E-state index is 11.8. The topological polar surface area (TPSA) is 90.0 Å². The van der Waals surface area contributed by atoms with Crippen LogP contribution in [0.2, 0.25) is 0 Å². The van der Waals surface area contributed by atoms with Crippen LogP contribution in [-0.4, -0.2) is 21.1 Å². The summed E-state index contributed by atoms with van der Waals surface area (Å²) >= 11 is 0. The summed E-state index contributed by atoms with van der Waals surface area (Å²) in [6, 6.07) is 11.3. The Hall–Kier alpha value is -3.02. The zero-order valence-electron chi connectivity index (χ0n) is 10.4. The van der Waals surface area contributed by atoms with Crippen molar-refractivity contribution in [3.05, 3.63) is 48.8 Å². The van der Waals surface area contributed by atoms with Crippen molar-refractivity contribution in [1.29, 1.82) is 0 Å². The fourth-order valence-corrected chi connectivity index (χ4v) is 1.85. The highest BCUT2D eigenvalue weighted by Crippen LogP contribution is 2.17. The van der Waals surface area contributed by atoms with Crippen LogP contribution in [0, 0.1) is 0 Å². The maximum atomic E-state index is 11.8. The van der Waals surface area contributed by atoms with Gasteiger partial charge in [-0.15, -0.1) is 0 Å². The molecular formula is C14H12N4O2. The molecule has 1 aromatic heterocycles. The van der Waals surface area contributed by atoms with Crippen molar-refractivity contribution in [2.75, 3.05) is 10.6 Å². The van der Waals surface area contributed by atoms with Gasteiger partial charge in [0, 0.05) is 11.4 Å². The summed E-state index contributed by atoms with van der Waals surface area (Å²) in [6.07, 6.45) is 1.60. The summed E-state index contributed by atoms with van der Waals surface area (Å²) in [7, 11) is 0. The number of benzene rings is 2. The van der Waals surface area contributed by atoms with Gasteiger partial charge in [-0.2, -0.15) is 0 Å². The lowest BCUT2D eigenvalue weighted by Gasteiger charge is -2.07. The van der Waals surface area contributed by atoms with Gasteiger partial charge in [0.05, 0.1) is 17.4 Å². The van der Waals surface area contributed by atoms with E-state index in [0.29, 0.717) is 11.4 Å². The van der Waals surface area contributed by atoms with Gasteiger partial charge in [0.2, 0.25) is 0 Å². The third-order valence-electron chi connectivity index (χ3n) is 2.80. The number of fused-ring (bicyclic) bond motifs is 1. The lowest BCUT2D eigenvalue weighted by molar-refractivity contribution is 0.262. The number of H-pyrrole nitrogens is 1. The quantitative estimate of drug-likeness (QED) is 0.539. The molecule has 0 aliphatic heterocycles. The molecule has 0 spiro atoms. The lowest BCUT2D eigenvalue weighted by atomic mass is 10.3. The molecule has 0 fully saturated rings. The Labute approximate surface area is 114 Å². The van der Waals surface area contributed by atoms with E-state index in [1.165, 1.54) is 12.1 Å². The normalized spacial score (nSPS) is 10.4. The molecule has 6 nitrogen and oxygen atoms in total. The molecule has 3 aromatic rings. The number of phenolic OH excluding ortho intramolecular Hbond substituents is 1. The molecule has 100 valence electrons. The van der Waals surface area contributed by atoms with Crippen molar-refractivity contribution < 1.29 is 9.90 Å². The number of hydrogen-bond donors (Lipinski definition) is 4. The van der Waals surface area contributed by atoms with Gasteiger partial charge in [-0.1, -0.05) is 0 Å². The van der Waals surface area contributed by atoms with Gasteiger partial charge in [-0.05, 0) is 42.5 Å². The van der Waals surface area contributed by atoms with E-state index in [1.54, 1.807) is 30.6 Å². The van der Waals surface area contributed by atoms with Crippen LogP contribution in [0.15, 0.2) is 48.8 Å². The number of phenols is 1. The molecule has 2 amide bonds. The highest BCUT2D eigenvalue weighted by Gasteiger charge is 2.04. The first-order valence-corrected chi connectivity index (χ1v) is 6.01. The number of nitrogens with zero attached hydrogens (tertiary/aromatic N) is 1. The third-order valence-corrected chi connectivity index (χ3v) is 2.80. The summed E-state index contributed by atoms with van der Waals surface area (Å²) in [6.45, 7) is 0. The van der Waals surface area contributed by atoms with Gasteiger partial charge in [0.25, 0.3) is 0 Å². The number of aromatic amines is 1. The van der Waals surface area contributed by atoms with Crippen LogP contribution in [0.4, 0.5) is 16.2 Å².